The first-order chi connectivity index (χ1) is 9.15. The van der Waals surface area contributed by atoms with Crippen molar-refractivity contribution in [1.82, 2.24) is 10.2 Å². The summed E-state index contributed by atoms with van der Waals surface area (Å²) in [5.74, 6) is 0.451. The SMILES string of the molecule is O=C(c1csc([N+](=O)[O-])c1)N1C[C@@H]2CCCN[C@@H]2C1. The van der Waals surface area contributed by atoms with Crippen molar-refractivity contribution in [1.29, 1.82) is 0 Å². The van der Waals surface area contributed by atoms with E-state index in [1.807, 2.05) is 4.90 Å². The molecule has 1 N–H and O–H groups in total. The standard InChI is InChI=1S/C12H15N3O3S/c16-12(9-4-11(15(17)18)19-7-9)14-5-8-2-1-3-13-10(8)6-14/h4,7-8,10,13H,1-3,5-6H2/t8-,10+/m0/s1. The predicted molar refractivity (Wildman–Crippen MR) is 71.4 cm³/mol. The van der Waals surface area contributed by atoms with Crippen molar-refractivity contribution in [2.24, 2.45) is 5.92 Å². The van der Waals surface area contributed by atoms with Crippen LogP contribution in [-0.2, 0) is 0 Å². The first kappa shape index (κ1) is 12.6. The molecule has 6 nitrogen and oxygen atoms in total. The van der Waals surface area contributed by atoms with Gasteiger partial charge in [-0.1, -0.05) is 11.3 Å². The Balaban J connectivity index is 1.71. The molecule has 0 aromatic carbocycles. The number of carbonyl (C=O) groups is 1. The third kappa shape index (κ3) is 2.35. The molecule has 3 heterocycles. The molecule has 1 aromatic heterocycles. The van der Waals surface area contributed by atoms with Crippen LogP contribution in [0.25, 0.3) is 0 Å². The third-order valence-corrected chi connectivity index (χ3v) is 4.78. The highest BCUT2D eigenvalue weighted by atomic mass is 32.1. The molecule has 0 aliphatic carbocycles. The topological polar surface area (TPSA) is 75.5 Å². The van der Waals surface area contributed by atoms with Gasteiger partial charge in [0, 0.05) is 30.6 Å². The van der Waals surface area contributed by atoms with Crippen LogP contribution >= 0.6 is 11.3 Å². The lowest BCUT2D eigenvalue weighted by molar-refractivity contribution is -0.380. The number of nitrogens with zero attached hydrogens (tertiary/aromatic N) is 2. The van der Waals surface area contributed by atoms with Crippen molar-refractivity contribution >= 4 is 22.2 Å². The molecule has 1 amide bonds. The molecule has 7 heteroatoms. The fraction of sp³-hybridized carbons (Fsp3) is 0.583. The van der Waals surface area contributed by atoms with Crippen LogP contribution in [0.2, 0.25) is 0 Å². The molecular weight excluding hydrogens is 266 g/mol. The van der Waals surface area contributed by atoms with Gasteiger partial charge in [0.2, 0.25) is 0 Å². The quantitative estimate of drug-likeness (QED) is 0.658. The number of piperidine rings is 1. The van der Waals surface area contributed by atoms with Crippen LogP contribution in [0.4, 0.5) is 5.00 Å². The molecule has 0 bridgehead atoms. The molecular formula is C12H15N3O3S. The van der Waals surface area contributed by atoms with Gasteiger partial charge >= 0.3 is 5.00 Å². The molecule has 19 heavy (non-hydrogen) atoms. The Hall–Kier alpha value is -1.47. The van der Waals surface area contributed by atoms with Gasteiger partial charge in [0.05, 0.1) is 10.5 Å². The first-order valence-electron chi connectivity index (χ1n) is 6.41. The van der Waals surface area contributed by atoms with Gasteiger partial charge in [0.25, 0.3) is 5.91 Å². The molecule has 2 atom stereocenters. The Kier molecular flexibility index (Phi) is 3.24. The van der Waals surface area contributed by atoms with Crippen LogP contribution < -0.4 is 5.32 Å². The maximum atomic E-state index is 12.3. The van der Waals surface area contributed by atoms with Crippen molar-refractivity contribution in [3.63, 3.8) is 0 Å². The minimum atomic E-state index is -0.452. The molecule has 2 aliphatic heterocycles. The number of hydrogen-bond donors (Lipinski definition) is 1. The van der Waals surface area contributed by atoms with Gasteiger partial charge in [-0.2, -0.15) is 0 Å². The van der Waals surface area contributed by atoms with Gasteiger partial charge in [-0.3, -0.25) is 14.9 Å². The van der Waals surface area contributed by atoms with Gasteiger partial charge in [0.15, 0.2) is 0 Å². The van der Waals surface area contributed by atoms with E-state index in [0.29, 0.717) is 24.1 Å². The number of nitrogens with one attached hydrogen (secondary N) is 1. The normalized spacial score (nSPS) is 26.2. The van der Waals surface area contributed by atoms with Crippen molar-refractivity contribution < 1.29 is 9.72 Å². The van der Waals surface area contributed by atoms with E-state index >= 15 is 0 Å². The molecule has 2 saturated heterocycles. The second kappa shape index (κ2) is 4.90. The van der Waals surface area contributed by atoms with Gasteiger partial charge in [-0.15, -0.1) is 0 Å². The lowest BCUT2D eigenvalue weighted by Crippen LogP contribution is -2.41. The third-order valence-electron chi connectivity index (χ3n) is 3.90. The summed E-state index contributed by atoms with van der Waals surface area (Å²) in [6, 6.07) is 1.77. The molecule has 0 unspecified atom stereocenters. The number of thiophene rings is 1. The van der Waals surface area contributed by atoms with Gasteiger partial charge < -0.3 is 10.2 Å². The molecule has 1 aromatic rings. The van der Waals surface area contributed by atoms with E-state index in [-0.39, 0.29) is 10.9 Å². The summed E-state index contributed by atoms with van der Waals surface area (Å²) in [5, 5.41) is 15.7. The molecule has 2 aliphatic rings. The minimum Gasteiger partial charge on any atom is -0.337 e. The maximum absolute atomic E-state index is 12.3. The summed E-state index contributed by atoms with van der Waals surface area (Å²) in [6.07, 6.45) is 2.32. The zero-order valence-electron chi connectivity index (χ0n) is 10.4. The summed E-state index contributed by atoms with van der Waals surface area (Å²) in [7, 11) is 0. The average molecular weight is 281 g/mol. The lowest BCUT2D eigenvalue weighted by Gasteiger charge is -2.24. The molecule has 0 saturated carbocycles. The van der Waals surface area contributed by atoms with Crippen LogP contribution in [0.15, 0.2) is 11.4 Å². The fourth-order valence-corrected chi connectivity index (χ4v) is 3.63. The van der Waals surface area contributed by atoms with Gasteiger partial charge in [0.1, 0.15) is 0 Å². The minimum absolute atomic E-state index is 0.0260. The monoisotopic (exact) mass is 281 g/mol. The first-order valence-corrected chi connectivity index (χ1v) is 7.28. The molecule has 102 valence electrons. The Labute approximate surface area is 114 Å². The molecule has 3 rings (SSSR count). The average Bonchev–Trinajstić information content (AvgIpc) is 3.04. The number of amides is 1. The Morgan fingerprint density at radius 1 is 1.53 bits per heavy atom. The maximum Gasteiger partial charge on any atom is 0.324 e. The van der Waals surface area contributed by atoms with Crippen LogP contribution in [0, 0.1) is 16.0 Å². The van der Waals surface area contributed by atoms with Crippen molar-refractivity contribution in [3.05, 3.63) is 27.1 Å². The summed E-state index contributed by atoms with van der Waals surface area (Å²) in [5.41, 5.74) is 0.440. The predicted octanol–water partition coefficient (Wildman–Crippen LogP) is 1.48. The largest absolute Gasteiger partial charge is 0.337 e. The summed E-state index contributed by atoms with van der Waals surface area (Å²) in [4.78, 5) is 24.3. The van der Waals surface area contributed by atoms with E-state index in [9.17, 15) is 14.9 Å². The van der Waals surface area contributed by atoms with Gasteiger partial charge in [-0.25, -0.2) is 0 Å². The summed E-state index contributed by atoms with van der Waals surface area (Å²) >= 11 is 1.01. The van der Waals surface area contributed by atoms with E-state index in [1.54, 1.807) is 5.38 Å². The zero-order valence-corrected chi connectivity index (χ0v) is 11.2. The van der Waals surface area contributed by atoms with E-state index in [0.717, 1.165) is 37.3 Å². The highest BCUT2D eigenvalue weighted by molar-refractivity contribution is 7.13. The highest BCUT2D eigenvalue weighted by Gasteiger charge is 2.37. The second-order valence-corrected chi connectivity index (χ2v) is 5.99. The van der Waals surface area contributed by atoms with Crippen molar-refractivity contribution in [2.45, 2.75) is 18.9 Å². The Morgan fingerprint density at radius 2 is 2.37 bits per heavy atom. The number of hydrogen-bond acceptors (Lipinski definition) is 5. The zero-order chi connectivity index (χ0) is 13.4. The number of nitro groups is 1. The Morgan fingerprint density at radius 3 is 3.05 bits per heavy atom. The molecule has 0 spiro atoms. The second-order valence-electron chi connectivity index (χ2n) is 5.10. The lowest BCUT2D eigenvalue weighted by atomic mass is 9.94. The number of likely N-dealkylation sites (tertiary alicyclic amines) is 1. The van der Waals surface area contributed by atoms with E-state index < -0.39 is 4.92 Å². The van der Waals surface area contributed by atoms with Crippen LogP contribution in [0.1, 0.15) is 23.2 Å². The molecule has 2 fully saturated rings. The number of carbonyl (C=O) groups excluding carboxylic acids is 1. The van der Waals surface area contributed by atoms with E-state index in [4.69, 9.17) is 0 Å². The van der Waals surface area contributed by atoms with Crippen molar-refractivity contribution in [3.8, 4) is 0 Å². The van der Waals surface area contributed by atoms with Crippen LogP contribution in [-0.4, -0.2) is 41.4 Å². The number of fused-ring (bicyclic) bond motifs is 1. The fourth-order valence-electron chi connectivity index (χ4n) is 2.93. The molecule has 0 radical (unpaired) electrons. The summed E-state index contributed by atoms with van der Waals surface area (Å²) < 4.78 is 0. The van der Waals surface area contributed by atoms with Crippen LogP contribution in [0.3, 0.4) is 0 Å². The summed E-state index contributed by atoms with van der Waals surface area (Å²) in [6.45, 7) is 2.50. The highest BCUT2D eigenvalue weighted by Crippen LogP contribution is 2.28. The smallest absolute Gasteiger partial charge is 0.324 e. The van der Waals surface area contributed by atoms with E-state index in [1.165, 1.54) is 6.07 Å². The van der Waals surface area contributed by atoms with E-state index in [2.05, 4.69) is 5.32 Å². The number of rotatable bonds is 2. The van der Waals surface area contributed by atoms with Gasteiger partial charge in [-0.05, 0) is 25.3 Å². The van der Waals surface area contributed by atoms with Crippen LogP contribution in [0.5, 0.6) is 0 Å². The van der Waals surface area contributed by atoms with Crippen molar-refractivity contribution in [2.75, 3.05) is 19.6 Å². The Bertz CT molecular complexity index is 502.